The van der Waals surface area contributed by atoms with Gasteiger partial charge in [-0.3, -0.25) is 4.90 Å². The molecule has 5 heteroatoms. The molecule has 43 heavy (non-hydrogen) atoms. The van der Waals surface area contributed by atoms with E-state index in [0.717, 1.165) is 46.6 Å². The standard InChI is InChI=1S/C38H28N4O/c1-2-11-28(12-3-1)40-23-24-41(27-40)29-13-10-14-30(25-29)43-31-20-21-35-33-16-5-4-15-32(33)34-17-6-7-18-36(34)42(37(35)26-31)38-19-8-9-22-39-38/h1-26H,27H2. The van der Waals surface area contributed by atoms with E-state index in [1.54, 1.807) is 0 Å². The number of para-hydroxylation sites is 2. The Morgan fingerprint density at radius 1 is 0.488 bits per heavy atom. The van der Waals surface area contributed by atoms with Crippen molar-refractivity contribution in [3.63, 3.8) is 0 Å². The van der Waals surface area contributed by atoms with Crippen LogP contribution >= 0.6 is 0 Å². The van der Waals surface area contributed by atoms with Crippen molar-refractivity contribution in [1.29, 1.82) is 0 Å². The van der Waals surface area contributed by atoms with Crippen LogP contribution < -0.4 is 19.4 Å². The fraction of sp³-hybridized carbons (Fsp3) is 0.0263. The number of ether oxygens (including phenoxy) is 1. The first-order valence-electron chi connectivity index (χ1n) is 14.4. The lowest BCUT2D eigenvalue weighted by molar-refractivity contribution is 0.483. The molecule has 0 N–H and O–H groups in total. The van der Waals surface area contributed by atoms with Crippen LogP contribution in [0.2, 0.25) is 0 Å². The Bertz CT molecular complexity index is 1950. The molecule has 0 fully saturated rings. The molecule has 5 nitrogen and oxygen atoms in total. The van der Waals surface area contributed by atoms with Crippen LogP contribution in [0.5, 0.6) is 11.5 Å². The minimum Gasteiger partial charge on any atom is -0.457 e. The Morgan fingerprint density at radius 2 is 1.14 bits per heavy atom. The van der Waals surface area contributed by atoms with Crippen molar-refractivity contribution in [3.05, 3.63) is 158 Å². The van der Waals surface area contributed by atoms with Crippen molar-refractivity contribution in [1.82, 2.24) is 4.98 Å². The first-order chi connectivity index (χ1) is 21.3. The number of benzene rings is 5. The summed E-state index contributed by atoms with van der Waals surface area (Å²) in [5.41, 5.74) is 9.00. The van der Waals surface area contributed by atoms with Gasteiger partial charge in [-0.2, -0.15) is 0 Å². The van der Waals surface area contributed by atoms with Crippen molar-refractivity contribution in [2.75, 3.05) is 21.4 Å². The first kappa shape index (κ1) is 24.9. The Kier molecular flexibility index (Phi) is 6.12. The highest BCUT2D eigenvalue weighted by Crippen LogP contribution is 2.51. The summed E-state index contributed by atoms with van der Waals surface area (Å²) in [6, 6.07) is 48.1. The molecule has 0 bridgehead atoms. The number of hydrogen-bond acceptors (Lipinski definition) is 5. The molecular weight excluding hydrogens is 528 g/mol. The van der Waals surface area contributed by atoms with Crippen molar-refractivity contribution >= 4 is 28.6 Å². The molecule has 0 saturated carbocycles. The van der Waals surface area contributed by atoms with Crippen LogP contribution in [0.25, 0.3) is 22.3 Å². The van der Waals surface area contributed by atoms with E-state index in [2.05, 4.69) is 136 Å². The van der Waals surface area contributed by atoms with Crippen molar-refractivity contribution in [3.8, 4) is 33.8 Å². The van der Waals surface area contributed by atoms with Gasteiger partial charge in [0.25, 0.3) is 0 Å². The van der Waals surface area contributed by atoms with E-state index in [4.69, 9.17) is 9.72 Å². The van der Waals surface area contributed by atoms with Crippen LogP contribution in [0, 0.1) is 0 Å². The summed E-state index contributed by atoms with van der Waals surface area (Å²) in [5, 5.41) is 0. The van der Waals surface area contributed by atoms with Gasteiger partial charge in [-0.1, -0.05) is 72.8 Å². The van der Waals surface area contributed by atoms with Crippen LogP contribution in [0.15, 0.2) is 158 Å². The molecule has 2 aliphatic rings. The van der Waals surface area contributed by atoms with Crippen LogP contribution in [0.3, 0.4) is 0 Å². The number of hydrogen-bond donors (Lipinski definition) is 0. The summed E-state index contributed by atoms with van der Waals surface area (Å²) in [6.45, 7) is 0.740. The molecule has 8 rings (SSSR count). The van der Waals surface area contributed by atoms with Gasteiger partial charge in [0.1, 0.15) is 17.3 Å². The van der Waals surface area contributed by atoms with Gasteiger partial charge in [-0.15, -0.1) is 0 Å². The van der Waals surface area contributed by atoms with Crippen molar-refractivity contribution in [2.45, 2.75) is 0 Å². The molecule has 0 aliphatic carbocycles. The molecule has 2 aliphatic heterocycles. The number of pyridine rings is 1. The zero-order chi connectivity index (χ0) is 28.6. The molecule has 0 saturated heterocycles. The minimum absolute atomic E-state index is 0.740. The fourth-order valence-electron chi connectivity index (χ4n) is 5.94. The van der Waals surface area contributed by atoms with Crippen LogP contribution in [-0.2, 0) is 0 Å². The number of nitrogens with zero attached hydrogens (tertiary/aromatic N) is 4. The molecule has 1 aromatic heterocycles. The summed E-state index contributed by atoms with van der Waals surface area (Å²) >= 11 is 0. The SMILES string of the molecule is C1=CN(c2cccc(Oc3ccc4c(c3)N(c3ccccn3)c3ccccc3-c3ccccc3-4)c2)CN1c1ccccc1. The third-order valence-corrected chi connectivity index (χ3v) is 7.94. The zero-order valence-corrected chi connectivity index (χ0v) is 23.4. The number of fused-ring (bicyclic) bond motifs is 5. The Morgan fingerprint density at radius 3 is 1.93 bits per heavy atom. The van der Waals surface area contributed by atoms with Crippen LogP contribution in [0.1, 0.15) is 0 Å². The molecule has 6 aromatic rings. The van der Waals surface area contributed by atoms with Gasteiger partial charge in [0, 0.05) is 53.2 Å². The summed E-state index contributed by atoms with van der Waals surface area (Å²) in [4.78, 5) is 11.4. The zero-order valence-electron chi connectivity index (χ0n) is 23.4. The van der Waals surface area contributed by atoms with Crippen molar-refractivity contribution < 1.29 is 4.74 Å². The Hall–Kier alpha value is -5.81. The lowest BCUT2D eigenvalue weighted by Crippen LogP contribution is -2.24. The first-order valence-corrected chi connectivity index (χ1v) is 14.4. The van der Waals surface area contributed by atoms with E-state index >= 15 is 0 Å². The molecule has 206 valence electrons. The normalized spacial score (nSPS) is 13.3. The average Bonchev–Trinajstić information content (AvgIpc) is 3.53. The smallest absolute Gasteiger partial charge is 0.137 e. The maximum absolute atomic E-state index is 6.55. The molecule has 0 unspecified atom stereocenters. The number of aromatic nitrogens is 1. The monoisotopic (exact) mass is 556 g/mol. The van der Waals surface area contributed by atoms with Gasteiger partial charge < -0.3 is 14.5 Å². The second kappa shape index (κ2) is 10.5. The lowest BCUT2D eigenvalue weighted by atomic mass is 9.95. The van der Waals surface area contributed by atoms with Gasteiger partial charge in [0.05, 0.1) is 18.0 Å². The average molecular weight is 557 g/mol. The summed E-state index contributed by atoms with van der Waals surface area (Å²) < 4.78 is 6.55. The van der Waals surface area contributed by atoms with Gasteiger partial charge in [0.2, 0.25) is 0 Å². The summed E-state index contributed by atoms with van der Waals surface area (Å²) in [6.07, 6.45) is 6.05. The topological polar surface area (TPSA) is 31.8 Å². The second-order valence-corrected chi connectivity index (χ2v) is 10.6. The summed E-state index contributed by atoms with van der Waals surface area (Å²) in [7, 11) is 0. The fourth-order valence-corrected chi connectivity index (χ4v) is 5.94. The van der Waals surface area contributed by atoms with Gasteiger partial charge in [0.15, 0.2) is 0 Å². The van der Waals surface area contributed by atoms with Crippen molar-refractivity contribution in [2.24, 2.45) is 0 Å². The Labute approximate surface area is 251 Å². The van der Waals surface area contributed by atoms with E-state index in [1.165, 1.54) is 22.4 Å². The molecular formula is C38H28N4O. The quantitative estimate of drug-likeness (QED) is 0.211. The highest BCUT2D eigenvalue weighted by atomic mass is 16.5. The molecule has 0 amide bonds. The summed E-state index contributed by atoms with van der Waals surface area (Å²) in [5.74, 6) is 2.39. The maximum Gasteiger partial charge on any atom is 0.137 e. The molecule has 5 aromatic carbocycles. The molecule has 3 heterocycles. The second-order valence-electron chi connectivity index (χ2n) is 10.6. The minimum atomic E-state index is 0.740. The third kappa shape index (κ3) is 4.57. The predicted molar refractivity (Wildman–Crippen MR) is 175 cm³/mol. The van der Waals surface area contributed by atoms with E-state index < -0.39 is 0 Å². The van der Waals surface area contributed by atoms with Gasteiger partial charge in [-0.05, 0) is 65.7 Å². The number of rotatable bonds is 5. The van der Waals surface area contributed by atoms with Gasteiger partial charge >= 0.3 is 0 Å². The molecule has 0 radical (unpaired) electrons. The highest BCUT2D eigenvalue weighted by Gasteiger charge is 2.27. The Balaban J connectivity index is 1.17. The van der Waals surface area contributed by atoms with Gasteiger partial charge in [-0.25, -0.2) is 4.98 Å². The van der Waals surface area contributed by atoms with E-state index in [1.807, 2.05) is 36.5 Å². The largest absolute Gasteiger partial charge is 0.457 e. The third-order valence-electron chi connectivity index (χ3n) is 7.94. The van der Waals surface area contributed by atoms with E-state index in [-0.39, 0.29) is 0 Å². The lowest BCUT2D eigenvalue weighted by Gasteiger charge is -2.26. The van der Waals surface area contributed by atoms with Crippen LogP contribution in [-0.4, -0.2) is 11.7 Å². The predicted octanol–water partition coefficient (Wildman–Crippen LogP) is 9.75. The van der Waals surface area contributed by atoms with E-state index in [9.17, 15) is 0 Å². The maximum atomic E-state index is 6.55. The molecule has 0 atom stereocenters. The van der Waals surface area contributed by atoms with Crippen LogP contribution in [0.4, 0.5) is 28.6 Å². The highest BCUT2D eigenvalue weighted by molar-refractivity contribution is 6.02. The molecule has 0 spiro atoms. The number of anilines is 5. The van der Waals surface area contributed by atoms with E-state index in [0.29, 0.717) is 0 Å².